The van der Waals surface area contributed by atoms with Crippen LogP contribution in [-0.4, -0.2) is 80.6 Å². The molecule has 0 aromatic heterocycles. The number of carboxylic acids is 1. The Bertz CT molecular complexity index is 1320. The van der Waals surface area contributed by atoms with Crippen molar-refractivity contribution in [1.29, 1.82) is 0 Å². The summed E-state index contributed by atoms with van der Waals surface area (Å²) in [6.07, 6.45) is 6.84. The minimum Gasteiger partial charge on any atom is -0.479 e. The highest BCUT2D eigenvalue weighted by Gasteiger charge is 2.61. The average Bonchev–Trinajstić information content (AvgIpc) is 3.27. The van der Waals surface area contributed by atoms with Crippen LogP contribution in [0, 0.1) is 5.92 Å². The van der Waals surface area contributed by atoms with Gasteiger partial charge in [-0.15, -0.1) is 0 Å². The van der Waals surface area contributed by atoms with E-state index in [-0.39, 0.29) is 31.3 Å². The number of urea groups is 1. The van der Waals surface area contributed by atoms with Gasteiger partial charge in [-0.05, 0) is 64.0 Å². The van der Waals surface area contributed by atoms with Crippen LogP contribution in [0.1, 0.15) is 76.8 Å². The second-order valence-corrected chi connectivity index (χ2v) is 13.4. The molecule has 5 atom stereocenters. The van der Waals surface area contributed by atoms with Gasteiger partial charge in [-0.2, -0.15) is 0 Å². The lowest BCUT2D eigenvalue weighted by molar-refractivity contribution is -0.145. The first-order valence-electron chi connectivity index (χ1n) is 15.5. The molecular formula is C32H43N5O7. The van der Waals surface area contributed by atoms with E-state index in [9.17, 15) is 29.1 Å². The summed E-state index contributed by atoms with van der Waals surface area (Å²) in [6, 6.07) is 4.98. The molecule has 0 unspecified atom stereocenters. The molecule has 12 nitrogen and oxygen atoms in total. The van der Waals surface area contributed by atoms with Gasteiger partial charge in [-0.3, -0.25) is 9.59 Å². The Morgan fingerprint density at radius 2 is 1.75 bits per heavy atom. The number of allylic oxidation sites excluding steroid dienone is 1. The fourth-order valence-corrected chi connectivity index (χ4v) is 6.40. The van der Waals surface area contributed by atoms with Gasteiger partial charge in [-0.1, -0.05) is 49.3 Å². The highest BCUT2D eigenvalue weighted by molar-refractivity contribution is 5.96. The summed E-state index contributed by atoms with van der Waals surface area (Å²) in [6.45, 7) is 6.15. The number of ether oxygens (including phenoxy) is 1. The number of hydrogen-bond donors (Lipinski definition) is 4. The maximum absolute atomic E-state index is 14.1. The number of benzene rings is 1. The Labute approximate surface area is 257 Å². The number of amides is 5. The summed E-state index contributed by atoms with van der Waals surface area (Å²) < 4.78 is 5.43. The van der Waals surface area contributed by atoms with E-state index >= 15 is 0 Å². The molecule has 5 rings (SSSR count). The Balaban J connectivity index is 1.37. The van der Waals surface area contributed by atoms with Gasteiger partial charge >= 0.3 is 18.1 Å². The fraction of sp³-hybridized carbons (Fsp3) is 0.594. The van der Waals surface area contributed by atoms with Gasteiger partial charge in [0.1, 0.15) is 23.2 Å². The summed E-state index contributed by atoms with van der Waals surface area (Å²) in [5.74, 6) is -2.52. The predicted molar refractivity (Wildman–Crippen MR) is 160 cm³/mol. The van der Waals surface area contributed by atoms with Crippen molar-refractivity contribution in [2.45, 2.75) is 108 Å². The molecule has 3 heterocycles. The van der Waals surface area contributed by atoms with Crippen molar-refractivity contribution >= 4 is 29.9 Å². The number of nitrogens with zero attached hydrogens (tertiary/aromatic N) is 2. The third kappa shape index (κ3) is 7.00. The van der Waals surface area contributed by atoms with Gasteiger partial charge in [0, 0.05) is 25.6 Å². The highest BCUT2D eigenvalue weighted by atomic mass is 16.6. The van der Waals surface area contributed by atoms with E-state index in [2.05, 4.69) is 16.0 Å². The van der Waals surface area contributed by atoms with Gasteiger partial charge < -0.3 is 35.6 Å². The second kappa shape index (κ2) is 12.5. The molecule has 1 saturated heterocycles. The SMILES string of the molecule is CC(C)(C)OC(=O)N[C@H]1CCCCCC=C[C@@H]2C[C@@]2(C(=O)O)NC(=O)[C@@H]2C[C@@H](NC(=O)N3Cc4ccccc4C3)CN2C1=O. The number of carbonyl (C=O) groups excluding carboxylic acids is 4. The minimum atomic E-state index is -1.43. The Kier molecular flexibility index (Phi) is 8.90. The van der Waals surface area contributed by atoms with Crippen LogP contribution in [0.4, 0.5) is 9.59 Å². The molecule has 3 aliphatic heterocycles. The highest BCUT2D eigenvalue weighted by Crippen LogP contribution is 2.45. The van der Waals surface area contributed by atoms with Crippen molar-refractivity contribution in [3.05, 3.63) is 47.5 Å². The van der Waals surface area contributed by atoms with Crippen molar-refractivity contribution in [2.24, 2.45) is 5.92 Å². The third-order valence-electron chi connectivity index (χ3n) is 8.81. The van der Waals surface area contributed by atoms with Gasteiger partial charge in [0.2, 0.25) is 11.8 Å². The zero-order chi connectivity index (χ0) is 31.6. The Hall–Kier alpha value is -4.09. The molecule has 2 fully saturated rings. The smallest absolute Gasteiger partial charge is 0.408 e. The van der Waals surface area contributed by atoms with E-state index < -0.39 is 53.1 Å². The zero-order valence-corrected chi connectivity index (χ0v) is 25.6. The lowest BCUT2D eigenvalue weighted by Crippen LogP contribution is -2.56. The minimum absolute atomic E-state index is 0.0410. The lowest BCUT2D eigenvalue weighted by Gasteiger charge is -2.30. The van der Waals surface area contributed by atoms with E-state index in [1.165, 1.54) is 4.90 Å². The third-order valence-corrected chi connectivity index (χ3v) is 8.81. The Morgan fingerprint density at radius 1 is 1.05 bits per heavy atom. The molecule has 5 amide bonds. The molecule has 0 radical (unpaired) electrons. The van der Waals surface area contributed by atoms with Gasteiger partial charge in [0.25, 0.3) is 0 Å². The van der Waals surface area contributed by atoms with Crippen LogP contribution in [0.5, 0.6) is 0 Å². The van der Waals surface area contributed by atoms with Crippen molar-refractivity contribution in [1.82, 2.24) is 25.8 Å². The first-order valence-corrected chi connectivity index (χ1v) is 15.5. The van der Waals surface area contributed by atoms with Crippen LogP contribution in [0.3, 0.4) is 0 Å². The summed E-state index contributed by atoms with van der Waals surface area (Å²) in [7, 11) is 0. The van der Waals surface area contributed by atoms with Crippen LogP contribution >= 0.6 is 0 Å². The van der Waals surface area contributed by atoms with Crippen molar-refractivity contribution in [3.63, 3.8) is 0 Å². The van der Waals surface area contributed by atoms with Crippen LogP contribution in [0.2, 0.25) is 0 Å². The lowest BCUT2D eigenvalue weighted by atomic mass is 10.0. The number of carboxylic acid groups (broad SMARTS) is 1. The second-order valence-electron chi connectivity index (χ2n) is 13.4. The summed E-state index contributed by atoms with van der Waals surface area (Å²) in [5, 5.41) is 18.5. The molecule has 238 valence electrons. The zero-order valence-electron chi connectivity index (χ0n) is 25.6. The molecule has 1 aliphatic carbocycles. The molecule has 0 bridgehead atoms. The van der Waals surface area contributed by atoms with Crippen LogP contribution in [0.15, 0.2) is 36.4 Å². The summed E-state index contributed by atoms with van der Waals surface area (Å²) in [5.41, 5.74) is -0.0655. The molecule has 1 saturated carbocycles. The molecular weight excluding hydrogens is 566 g/mol. The number of rotatable bonds is 3. The standard InChI is InChI=1S/C32H43N5O7/c1-31(2,3)44-30(43)34-24-14-8-6-4-5-7-13-22-16-32(22,28(40)41)35-26(38)25-15-23(19-37(25)27(24)39)33-29(42)36-17-20-11-9-10-12-21(20)18-36/h7,9-13,22-25H,4-6,8,14-19H2,1-3H3,(H,33,42)(H,34,43)(H,35,38)(H,40,41)/t22-,23-,24+,25+,32-/m1/s1. The number of fused-ring (bicyclic) bond motifs is 3. The molecule has 1 aromatic carbocycles. The number of carbonyl (C=O) groups is 5. The van der Waals surface area contributed by atoms with E-state index in [0.717, 1.165) is 30.4 Å². The number of aliphatic carboxylic acids is 1. The molecule has 44 heavy (non-hydrogen) atoms. The number of hydrogen-bond acceptors (Lipinski definition) is 6. The maximum Gasteiger partial charge on any atom is 0.408 e. The first-order chi connectivity index (χ1) is 20.9. The topological polar surface area (TPSA) is 157 Å². The van der Waals surface area contributed by atoms with Crippen LogP contribution < -0.4 is 16.0 Å². The molecule has 12 heteroatoms. The number of alkyl carbamates (subject to hydrolysis) is 1. The Morgan fingerprint density at radius 3 is 2.41 bits per heavy atom. The van der Waals surface area contributed by atoms with Gasteiger partial charge in [-0.25, -0.2) is 14.4 Å². The predicted octanol–water partition coefficient (Wildman–Crippen LogP) is 3.05. The largest absolute Gasteiger partial charge is 0.479 e. The molecule has 1 aromatic rings. The van der Waals surface area contributed by atoms with E-state index in [4.69, 9.17) is 4.74 Å². The van der Waals surface area contributed by atoms with Crippen molar-refractivity contribution in [2.75, 3.05) is 6.54 Å². The van der Waals surface area contributed by atoms with Gasteiger partial charge in [0.15, 0.2) is 0 Å². The quantitative estimate of drug-likeness (QED) is 0.384. The van der Waals surface area contributed by atoms with Crippen molar-refractivity contribution < 1.29 is 33.8 Å². The first kappa shape index (κ1) is 31.3. The maximum atomic E-state index is 14.1. The monoisotopic (exact) mass is 609 g/mol. The normalized spacial score (nSPS) is 28.9. The van der Waals surface area contributed by atoms with E-state index in [0.29, 0.717) is 25.9 Å². The van der Waals surface area contributed by atoms with Crippen LogP contribution in [-0.2, 0) is 32.2 Å². The summed E-state index contributed by atoms with van der Waals surface area (Å²) >= 11 is 0. The number of nitrogens with one attached hydrogen (secondary N) is 3. The van der Waals surface area contributed by atoms with Gasteiger partial charge in [0.05, 0.1) is 6.04 Å². The molecule has 4 aliphatic rings. The van der Waals surface area contributed by atoms with E-state index in [1.807, 2.05) is 36.4 Å². The average molecular weight is 610 g/mol. The molecule has 0 spiro atoms. The van der Waals surface area contributed by atoms with Crippen LogP contribution in [0.25, 0.3) is 0 Å². The van der Waals surface area contributed by atoms with E-state index in [1.54, 1.807) is 25.7 Å². The fourth-order valence-electron chi connectivity index (χ4n) is 6.40. The summed E-state index contributed by atoms with van der Waals surface area (Å²) in [4.78, 5) is 69.2. The molecule has 4 N–H and O–H groups in total. The van der Waals surface area contributed by atoms with Crippen molar-refractivity contribution in [3.8, 4) is 0 Å².